The molecule has 1 aliphatic carbocycles. The van der Waals surface area contributed by atoms with Gasteiger partial charge >= 0.3 is 6.09 Å². The Balaban J connectivity index is 1.28. The zero-order chi connectivity index (χ0) is 21.8. The first kappa shape index (κ1) is 21.3. The summed E-state index contributed by atoms with van der Waals surface area (Å²) in [5.74, 6) is 0.0513. The first-order valence-electron chi connectivity index (χ1n) is 10.0. The van der Waals surface area contributed by atoms with Gasteiger partial charge in [0.1, 0.15) is 6.61 Å². The van der Waals surface area contributed by atoms with Gasteiger partial charge in [0, 0.05) is 12.5 Å². The Kier molecular flexibility index (Phi) is 6.50. The molecule has 0 radical (unpaired) electrons. The topological polar surface area (TPSA) is 64.3 Å². The quantitative estimate of drug-likeness (QED) is 0.330. The first-order chi connectivity index (χ1) is 15.1. The molecule has 4 rings (SSSR count). The molecule has 3 aromatic carbocycles. The fourth-order valence-corrected chi connectivity index (χ4v) is 4.23. The molecule has 0 saturated heterocycles. The Labute approximate surface area is 191 Å². The highest BCUT2D eigenvalue weighted by Crippen LogP contribution is 2.44. The predicted molar refractivity (Wildman–Crippen MR) is 128 cm³/mol. The van der Waals surface area contributed by atoms with Crippen LogP contribution in [0.15, 0.2) is 66.7 Å². The molecule has 0 aliphatic heterocycles. The molecule has 0 fully saturated rings. The number of amides is 1. The number of nitrogens with one attached hydrogen (secondary N) is 1. The number of rotatable bonds is 6. The molecule has 158 valence electrons. The van der Waals surface area contributed by atoms with Gasteiger partial charge in [-0.05, 0) is 40.3 Å². The second-order valence-electron chi connectivity index (χ2n) is 7.32. The predicted octanol–water partition coefficient (Wildman–Crippen LogP) is 6.52. The third-order valence-corrected chi connectivity index (χ3v) is 6.27. The Morgan fingerprint density at radius 1 is 0.968 bits per heavy atom. The molecule has 3 N–H and O–H groups in total. The van der Waals surface area contributed by atoms with E-state index in [4.69, 9.17) is 33.7 Å². The third-order valence-electron chi connectivity index (χ3n) is 5.36. The van der Waals surface area contributed by atoms with Crippen molar-refractivity contribution in [2.75, 3.05) is 18.9 Å². The Morgan fingerprint density at radius 2 is 1.61 bits per heavy atom. The van der Waals surface area contributed by atoms with E-state index in [2.05, 4.69) is 29.6 Å². The van der Waals surface area contributed by atoms with Crippen molar-refractivity contribution in [3.63, 3.8) is 0 Å². The van der Waals surface area contributed by atoms with Crippen LogP contribution in [0.3, 0.4) is 0 Å². The molecule has 0 atom stereocenters. The molecule has 0 saturated carbocycles. The molecule has 1 aliphatic rings. The van der Waals surface area contributed by atoms with Crippen molar-refractivity contribution in [1.82, 2.24) is 5.32 Å². The van der Waals surface area contributed by atoms with Crippen molar-refractivity contribution in [1.29, 1.82) is 0 Å². The molecule has 4 nitrogen and oxygen atoms in total. The van der Waals surface area contributed by atoms with Crippen LogP contribution < -0.4 is 11.1 Å². The van der Waals surface area contributed by atoms with E-state index in [-0.39, 0.29) is 5.92 Å². The van der Waals surface area contributed by atoms with E-state index in [0.29, 0.717) is 35.3 Å². The van der Waals surface area contributed by atoms with Gasteiger partial charge in [-0.3, -0.25) is 0 Å². The number of halogens is 2. The van der Waals surface area contributed by atoms with Gasteiger partial charge < -0.3 is 15.8 Å². The number of nitrogens with two attached hydrogens (primary N) is 1. The molecule has 0 heterocycles. The summed E-state index contributed by atoms with van der Waals surface area (Å²) in [6, 6.07) is 20.0. The Hall–Kier alpha value is -2.95. The van der Waals surface area contributed by atoms with E-state index in [1.54, 1.807) is 12.1 Å². The smallest absolute Gasteiger partial charge is 0.407 e. The number of hydrogen-bond acceptors (Lipinski definition) is 3. The average molecular weight is 453 g/mol. The summed E-state index contributed by atoms with van der Waals surface area (Å²) in [5.41, 5.74) is 11.7. The normalized spacial score (nSPS) is 12.6. The van der Waals surface area contributed by atoms with E-state index in [1.807, 2.05) is 36.4 Å². The number of alkyl carbamates (subject to hydrolysis) is 1. The molecule has 1 amide bonds. The maximum Gasteiger partial charge on any atom is 0.407 e. The third kappa shape index (κ3) is 4.55. The summed E-state index contributed by atoms with van der Waals surface area (Å²) < 4.78 is 5.53. The lowest BCUT2D eigenvalue weighted by molar-refractivity contribution is 0.143. The van der Waals surface area contributed by atoms with E-state index < -0.39 is 6.09 Å². The van der Waals surface area contributed by atoms with Crippen LogP contribution in [-0.2, 0) is 4.74 Å². The highest BCUT2D eigenvalue weighted by atomic mass is 35.5. The maximum atomic E-state index is 12.2. The van der Waals surface area contributed by atoms with Gasteiger partial charge in [-0.1, -0.05) is 90.0 Å². The summed E-state index contributed by atoms with van der Waals surface area (Å²) in [7, 11) is 0. The van der Waals surface area contributed by atoms with Gasteiger partial charge in [-0.15, -0.1) is 0 Å². The standard InChI is InChI=1S/C25H22Cl2N2O2/c26-23-16(12-13-22(28)24(23)27)7-5-6-14-29-25(30)31-15-21-19-10-3-1-8-17(19)18-9-2-4-11-20(18)21/h1-5,7-13,21H,6,14-15,28H2,(H,29,30). The minimum atomic E-state index is -0.427. The zero-order valence-corrected chi connectivity index (χ0v) is 18.3. The van der Waals surface area contributed by atoms with Crippen molar-refractivity contribution in [2.24, 2.45) is 0 Å². The molecule has 0 aromatic heterocycles. The number of hydrogen-bond donors (Lipinski definition) is 2. The molecule has 6 heteroatoms. The van der Waals surface area contributed by atoms with Crippen molar-refractivity contribution < 1.29 is 9.53 Å². The van der Waals surface area contributed by atoms with Gasteiger partial charge in [-0.2, -0.15) is 0 Å². The molecule has 31 heavy (non-hydrogen) atoms. The number of ether oxygens (including phenoxy) is 1. The largest absolute Gasteiger partial charge is 0.449 e. The van der Waals surface area contributed by atoms with Gasteiger partial charge in [0.15, 0.2) is 0 Å². The summed E-state index contributed by atoms with van der Waals surface area (Å²) >= 11 is 12.2. The Morgan fingerprint density at radius 3 is 2.29 bits per heavy atom. The number of nitrogen functional groups attached to an aromatic ring is 1. The lowest BCUT2D eigenvalue weighted by atomic mass is 9.98. The van der Waals surface area contributed by atoms with Crippen molar-refractivity contribution in [3.8, 4) is 11.1 Å². The fraction of sp³-hybridized carbons (Fsp3) is 0.160. The molecule has 0 bridgehead atoms. The number of fused-ring (bicyclic) bond motifs is 3. The maximum absolute atomic E-state index is 12.2. The van der Waals surface area contributed by atoms with Gasteiger partial charge in [0.05, 0.1) is 15.7 Å². The summed E-state index contributed by atoms with van der Waals surface area (Å²) in [6.45, 7) is 0.753. The van der Waals surface area contributed by atoms with Crippen molar-refractivity contribution in [2.45, 2.75) is 12.3 Å². The molecular formula is C25H22Cl2N2O2. The van der Waals surface area contributed by atoms with E-state index in [9.17, 15) is 4.79 Å². The highest BCUT2D eigenvalue weighted by molar-refractivity contribution is 6.44. The first-order valence-corrected chi connectivity index (χ1v) is 10.8. The monoisotopic (exact) mass is 452 g/mol. The zero-order valence-electron chi connectivity index (χ0n) is 16.8. The lowest BCUT2D eigenvalue weighted by Crippen LogP contribution is -2.26. The number of benzene rings is 3. The van der Waals surface area contributed by atoms with Crippen LogP contribution in [0, 0.1) is 0 Å². The lowest BCUT2D eigenvalue weighted by Gasteiger charge is -2.14. The second kappa shape index (κ2) is 9.46. The van der Waals surface area contributed by atoms with Crippen LogP contribution in [0.5, 0.6) is 0 Å². The van der Waals surface area contributed by atoms with Gasteiger partial charge in [0.25, 0.3) is 0 Å². The SMILES string of the molecule is Nc1ccc(C=CCCNC(=O)OCC2c3ccccc3-c3ccccc32)c(Cl)c1Cl. The van der Waals surface area contributed by atoms with E-state index in [0.717, 1.165) is 5.56 Å². The second-order valence-corrected chi connectivity index (χ2v) is 8.07. The van der Waals surface area contributed by atoms with Crippen LogP contribution in [0.4, 0.5) is 10.5 Å². The van der Waals surface area contributed by atoms with Crippen LogP contribution in [0.25, 0.3) is 17.2 Å². The number of carbonyl (C=O) groups is 1. The summed E-state index contributed by atoms with van der Waals surface area (Å²) in [4.78, 5) is 12.2. The highest BCUT2D eigenvalue weighted by Gasteiger charge is 2.28. The molecule has 3 aromatic rings. The average Bonchev–Trinajstić information content (AvgIpc) is 3.11. The van der Waals surface area contributed by atoms with Crippen LogP contribution in [0.2, 0.25) is 10.0 Å². The fourth-order valence-electron chi connectivity index (χ4n) is 3.83. The summed E-state index contributed by atoms with van der Waals surface area (Å²) in [5, 5.41) is 3.55. The molecular weight excluding hydrogens is 431 g/mol. The van der Waals surface area contributed by atoms with Crippen molar-refractivity contribution in [3.05, 3.63) is 93.5 Å². The van der Waals surface area contributed by atoms with Crippen LogP contribution in [-0.4, -0.2) is 19.2 Å². The summed E-state index contributed by atoms with van der Waals surface area (Å²) in [6.07, 6.45) is 3.97. The minimum absolute atomic E-state index is 0.0513. The molecule has 0 spiro atoms. The van der Waals surface area contributed by atoms with E-state index >= 15 is 0 Å². The minimum Gasteiger partial charge on any atom is -0.449 e. The van der Waals surface area contributed by atoms with Gasteiger partial charge in [-0.25, -0.2) is 4.79 Å². The van der Waals surface area contributed by atoms with E-state index in [1.165, 1.54) is 22.3 Å². The molecule has 0 unspecified atom stereocenters. The van der Waals surface area contributed by atoms with Crippen LogP contribution in [0.1, 0.15) is 29.0 Å². The number of carbonyl (C=O) groups excluding carboxylic acids is 1. The van der Waals surface area contributed by atoms with Gasteiger partial charge in [0.2, 0.25) is 0 Å². The Bertz CT molecular complexity index is 1100. The number of anilines is 1. The van der Waals surface area contributed by atoms with Crippen LogP contribution >= 0.6 is 23.2 Å². The van der Waals surface area contributed by atoms with Crippen molar-refractivity contribution >= 4 is 41.1 Å².